The SMILES string of the molecule is O=C(c1ccc(NC(Cc2ccccc2)C2CC2)nc1)N1CCS(=O)(=O)CC1. The Kier molecular flexibility index (Phi) is 5.35. The second-order valence-electron chi connectivity index (χ2n) is 7.65. The lowest BCUT2D eigenvalue weighted by atomic mass is 10.0. The van der Waals surface area contributed by atoms with E-state index in [4.69, 9.17) is 0 Å². The summed E-state index contributed by atoms with van der Waals surface area (Å²) >= 11 is 0. The highest BCUT2D eigenvalue weighted by Gasteiger charge is 2.31. The number of aromatic nitrogens is 1. The Labute approximate surface area is 165 Å². The van der Waals surface area contributed by atoms with Gasteiger partial charge in [-0.15, -0.1) is 0 Å². The minimum Gasteiger partial charge on any atom is -0.367 e. The maximum Gasteiger partial charge on any atom is 0.255 e. The van der Waals surface area contributed by atoms with Crippen LogP contribution in [0.1, 0.15) is 28.8 Å². The molecule has 4 rings (SSSR count). The van der Waals surface area contributed by atoms with Crippen LogP contribution in [0.2, 0.25) is 0 Å². The highest BCUT2D eigenvalue weighted by Crippen LogP contribution is 2.35. The van der Waals surface area contributed by atoms with Crippen molar-refractivity contribution in [1.82, 2.24) is 9.88 Å². The molecule has 1 saturated carbocycles. The molecule has 7 heteroatoms. The number of benzene rings is 1. The minimum atomic E-state index is -3.00. The molecule has 0 radical (unpaired) electrons. The standard InChI is InChI=1S/C21H25N3O3S/c25-21(24-10-12-28(26,27)13-11-24)18-8-9-20(22-15-18)23-19(17-6-7-17)14-16-4-2-1-3-5-16/h1-5,8-9,15,17,19H,6-7,10-14H2,(H,22,23). The monoisotopic (exact) mass is 399 g/mol. The molecule has 2 fully saturated rings. The van der Waals surface area contributed by atoms with Crippen LogP contribution in [0, 0.1) is 5.92 Å². The Bertz CT molecular complexity index is 911. The number of pyridine rings is 1. The molecule has 1 atom stereocenters. The summed E-state index contributed by atoms with van der Waals surface area (Å²) in [4.78, 5) is 18.6. The Morgan fingerprint density at radius 3 is 2.43 bits per heavy atom. The third-order valence-corrected chi connectivity index (χ3v) is 7.07. The number of carbonyl (C=O) groups excluding carboxylic acids is 1. The number of nitrogens with one attached hydrogen (secondary N) is 1. The lowest BCUT2D eigenvalue weighted by Crippen LogP contribution is -2.43. The van der Waals surface area contributed by atoms with Gasteiger partial charge in [0.1, 0.15) is 5.82 Å². The maximum absolute atomic E-state index is 12.6. The van der Waals surface area contributed by atoms with Crippen LogP contribution in [0.4, 0.5) is 5.82 Å². The summed E-state index contributed by atoms with van der Waals surface area (Å²) in [5.74, 6) is 1.35. The predicted octanol–water partition coefficient (Wildman–Crippen LogP) is 2.39. The number of hydrogen-bond donors (Lipinski definition) is 1. The number of hydrogen-bond acceptors (Lipinski definition) is 5. The highest BCUT2D eigenvalue weighted by atomic mass is 32.2. The molecule has 1 amide bonds. The van der Waals surface area contributed by atoms with E-state index in [2.05, 4.69) is 34.6 Å². The topological polar surface area (TPSA) is 79.4 Å². The number of sulfone groups is 1. The van der Waals surface area contributed by atoms with Gasteiger partial charge >= 0.3 is 0 Å². The van der Waals surface area contributed by atoms with E-state index in [-0.39, 0.29) is 30.5 Å². The van der Waals surface area contributed by atoms with Gasteiger partial charge in [0.05, 0.1) is 17.1 Å². The minimum absolute atomic E-state index is 0.0361. The second kappa shape index (κ2) is 7.91. The van der Waals surface area contributed by atoms with E-state index < -0.39 is 9.84 Å². The van der Waals surface area contributed by atoms with E-state index in [9.17, 15) is 13.2 Å². The van der Waals surface area contributed by atoms with Gasteiger partial charge in [0.25, 0.3) is 5.91 Å². The summed E-state index contributed by atoms with van der Waals surface area (Å²) in [6.07, 6.45) is 5.01. The zero-order valence-corrected chi connectivity index (χ0v) is 16.6. The normalized spacial score (nSPS) is 19.8. The first kappa shape index (κ1) is 18.9. The van der Waals surface area contributed by atoms with Crippen LogP contribution in [-0.4, -0.2) is 54.8 Å². The van der Waals surface area contributed by atoms with Crippen LogP contribution < -0.4 is 5.32 Å². The van der Waals surface area contributed by atoms with Gasteiger partial charge in [0.15, 0.2) is 9.84 Å². The quantitative estimate of drug-likeness (QED) is 0.807. The molecule has 1 aliphatic carbocycles. The third-order valence-electron chi connectivity index (χ3n) is 5.46. The Hall–Kier alpha value is -2.41. The average Bonchev–Trinajstić information content (AvgIpc) is 3.54. The lowest BCUT2D eigenvalue weighted by Gasteiger charge is -2.26. The van der Waals surface area contributed by atoms with Crippen LogP contribution in [0.3, 0.4) is 0 Å². The van der Waals surface area contributed by atoms with Crippen molar-refractivity contribution in [1.29, 1.82) is 0 Å². The molecule has 1 unspecified atom stereocenters. The number of rotatable bonds is 6. The zero-order chi connectivity index (χ0) is 19.6. The van der Waals surface area contributed by atoms with Gasteiger partial charge in [-0.2, -0.15) is 0 Å². The van der Waals surface area contributed by atoms with Crippen molar-refractivity contribution in [3.63, 3.8) is 0 Å². The lowest BCUT2D eigenvalue weighted by molar-refractivity contribution is 0.0770. The van der Waals surface area contributed by atoms with Crippen molar-refractivity contribution in [3.8, 4) is 0 Å². The first-order valence-electron chi connectivity index (χ1n) is 9.76. The van der Waals surface area contributed by atoms with E-state index in [1.54, 1.807) is 17.2 Å². The summed E-state index contributed by atoms with van der Waals surface area (Å²) in [6.45, 7) is 0.504. The number of nitrogens with zero attached hydrogens (tertiary/aromatic N) is 2. The molecular formula is C21H25N3O3S. The van der Waals surface area contributed by atoms with E-state index in [0.717, 1.165) is 12.2 Å². The predicted molar refractivity (Wildman–Crippen MR) is 109 cm³/mol. The zero-order valence-electron chi connectivity index (χ0n) is 15.8. The van der Waals surface area contributed by atoms with Crippen LogP contribution in [-0.2, 0) is 16.3 Å². The molecule has 0 spiro atoms. The highest BCUT2D eigenvalue weighted by molar-refractivity contribution is 7.91. The fraction of sp³-hybridized carbons (Fsp3) is 0.429. The number of amides is 1. The molecule has 28 heavy (non-hydrogen) atoms. The van der Waals surface area contributed by atoms with Gasteiger partial charge in [-0.05, 0) is 42.9 Å². The van der Waals surface area contributed by atoms with Crippen molar-refractivity contribution in [2.75, 3.05) is 29.9 Å². The number of anilines is 1. The summed E-state index contributed by atoms with van der Waals surface area (Å²) in [5.41, 5.74) is 1.80. The van der Waals surface area contributed by atoms with E-state index in [1.807, 2.05) is 12.1 Å². The summed E-state index contributed by atoms with van der Waals surface area (Å²) in [7, 11) is -3.00. The molecular weight excluding hydrogens is 374 g/mol. The maximum atomic E-state index is 12.6. The van der Waals surface area contributed by atoms with Crippen molar-refractivity contribution in [2.24, 2.45) is 5.92 Å². The molecule has 1 aliphatic heterocycles. The Balaban J connectivity index is 1.39. The smallest absolute Gasteiger partial charge is 0.255 e. The fourth-order valence-corrected chi connectivity index (χ4v) is 4.80. The first-order valence-corrected chi connectivity index (χ1v) is 11.6. The Morgan fingerprint density at radius 2 is 1.82 bits per heavy atom. The van der Waals surface area contributed by atoms with Crippen molar-refractivity contribution in [3.05, 3.63) is 59.8 Å². The van der Waals surface area contributed by atoms with Crippen molar-refractivity contribution >= 4 is 21.6 Å². The van der Waals surface area contributed by atoms with Crippen LogP contribution >= 0.6 is 0 Å². The van der Waals surface area contributed by atoms with Crippen molar-refractivity contribution < 1.29 is 13.2 Å². The molecule has 2 heterocycles. The van der Waals surface area contributed by atoms with Crippen LogP contribution in [0.15, 0.2) is 48.7 Å². The van der Waals surface area contributed by atoms with Crippen LogP contribution in [0.5, 0.6) is 0 Å². The third kappa shape index (κ3) is 4.70. The van der Waals surface area contributed by atoms with Crippen LogP contribution in [0.25, 0.3) is 0 Å². The molecule has 148 valence electrons. The van der Waals surface area contributed by atoms with Gasteiger partial charge < -0.3 is 10.2 Å². The van der Waals surface area contributed by atoms with Gasteiger partial charge in [-0.1, -0.05) is 30.3 Å². The molecule has 2 aromatic rings. The molecule has 6 nitrogen and oxygen atoms in total. The van der Waals surface area contributed by atoms with Gasteiger partial charge in [-0.25, -0.2) is 13.4 Å². The molecule has 2 aliphatic rings. The van der Waals surface area contributed by atoms with E-state index in [1.165, 1.54) is 18.4 Å². The largest absolute Gasteiger partial charge is 0.367 e. The molecule has 1 aromatic heterocycles. The van der Waals surface area contributed by atoms with Gasteiger partial charge in [-0.3, -0.25) is 4.79 Å². The summed E-state index contributed by atoms with van der Waals surface area (Å²) in [6, 6.07) is 14.4. The van der Waals surface area contributed by atoms with E-state index >= 15 is 0 Å². The molecule has 0 bridgehead atoms. The fourth-order valence-electron chi connectivity index (χ4n) is 3.60. The summed E-state index contributed by atoms with van der Waals surface area (Å²) in [5, 5.41) is 3.53. The van der Waals surface area contributed by atoms with E-state index in [0.29, 0.717) is 17.5 Å². The van der Waals surface area contributed by atoms with Crippen molar-refractivity contribution in [2.45, 2.75) is 25.3 Å². The Morgan fingerprint density at radius 1 is 1.11 bits per heavy atom. The molecule has 1 aromatic carbocycles. The summed E-state index contributed by atoms with van der Waals surface area (Å²) < 4.78 is 23.1. The molecule has 1 N–H and O–H groups in total. The average molecular weight is 400 g/mol. The second-order valence-corrected chi connectivity index (χ2v) is 9.96. The van der Waals surface area contributed by atoms with Gasteiger partial charge in [0.2, 0.25) is 0 Å². The van der Waals surface area contributed by atoms with Gasteiger partial charge in [0, 0.05) is 25.3 Å². The molecule has 1 saturated heterocycles. The number of carbonyl (C=O) groups is 1. The first-order chi connectivity index (χ1) is 13.5.